The van der Waals surface area contributed by atoms with Crippen molar-refractivity contribution >= 4 is 31.1 Å². The number of fused-ring (bicyclic) bond motifs is 3. The second-order valence-electron chi connectivity index (χ2n) is 9.57. The lowest BCUT2D eigenvalue weighted by Gasteiger charge is -2.43. The van der Waals surface area contributed by atoms with Gasteiger partial charge in [0.25, 0.3) is 0 Å². The number of amides is 1. The van der Waals surface area contributed by atoms with Gasteiger partial charge in [-0.05, 0) is 43.1 Å². The molecule has 1 N–H and O–H groups in total. The molecule has 1 aliphatic heterocycles. The molecule has 0 fully saturated rings. The molecule has 0 aliphatic carbocycles. The Morgan fingerprint density at radius 1 is 1.23 bits per heavy atom. The van der Waals surface area contributed by atoms with Crippen LogP contribution >= 0.6 is 0 Å². The molecule has 164 valence electrons. The smallest absolute Gasteiger partial charge is 0.335 e. The van der Waals surface area contributed by atoms with Gasteiger partial charge < -0.3 is 19.0 Å². The minimum Gasteiger partial charge on any atom is -0.464 e. The normalized spacial score (nSPS) is 19.6. The Morgan fingerprint density at radius 3 is 2.50 bits per heavy atom. The lowest BCUT2D eigenvalue weighted by Crippen LogP contribution is -2.53. The van der Waals surface area contributed by atoms with Gasteiger partial charge in [0.1, 0.15) is 0 Å². The van der Waals surface area contributed by atoms with Gasteiger partial charge in [0, 0.05) is 17.8 Å². The number of nitrogens with zero attached hydrogens (tertiary/aromatic N) is 1. The summed E-state index contributed by atoms with van der Waals surface area (Å²) in [6.45, 7) is 15.0. The standard InChI is InChI=1S/C23H34N2O4Si/c1-8-28-22(27)21-20-18(17-11-9-10-12-19(17)24-20)13-16(25(21)15(2)26)14-29-30(6,7)23(3,4)5/h9-12,16,21,24H,8,13-14H2,1-7H3/t16-,21?/m0/s1. The molecule has 1 amide bonds. The highest BCUT2D eigenvalue weighted by atomic mass is 28.4. The zero-order valence-corrected chi connectivity index (χ0v) is 20.2. The van der Waals surface area contributed by atoms with Crippen molar-refractivity contribution in [3.63, 3.8) is 0 Å². The van der Waals surface area contributed by atoms with Crippen LogP contribution in [0.4, 0.5) is 0 Å². The second-order valence-corrected chi connectivity index (χ2v) is 14.4. The topological polar surface area (TPSA) is 71.6 Å². The van der Waals surface area contributed by atoms with E-state index in [4.69, 9.17) is 9.16 Å². The first-order valence-electron chi connectivity index (χ1n) is 10.7. The van der Waals surface area contributed by atoms with E-state index in [2.05, 4.69) is 44.9 Å². The molecule has 6 nitrogen and oxygen atoms in total. The third kappa shape index (κ3) is 4.05. The summed E-state index contributed by atoms with van der Waals surface area (Å²) in [5.74, 6) is -0.557. The van der Waals surface area contributed by atoms with Crippen LogP contribution in [0.15, 0.2) is 24.3 Å². The number of H-pyrrole nitrogens is 1. The molecule has 0 spiro atoms. The predicted molar refractivity (Wildman–Crippen MR) is 121 cm³/mol. The quantitative estimate of drug-likeness (QED) is 0.557. The molecule has 1 unspecified atom stereocenters. The SMILES string of the molecule is CCOC(=O)C1c2[nH]c3ccccc3c2C[C@@H](CO[Si](C)(C)C(C)(C)C)N1C(C)=O. The van der Waals surface area contributed by atoms with Gasteiger partial charge >= 0.3 is 5.97 Å². The van der Waals surface area contributed by atoms with Crippen LogP contribution in [0.3, 0.4) is 0 Å². The van der Waals surface area contributed by atoms with Gasteiger partial charge in [0.05, 0.1) is 24.9 Å². The number of aromatic nitrogens is 1. The minimum atomic E-state index is -2.01. The van der Waals surface area contributed by atoms with Crippen molar-refractivity contribution in [2.45, 2.75) is 71.3 Å². The Balaban J connectivity index is 2.05. The molecule has 1 aliphatic rings. The monoisotopic (exact) mass is 430 g/mol. The fourth-order valence-corrected chi connectivity index (χ4v) is 4.95. The Kier molecular flexibility index (Phi) is 6.16. The van der Waals surface area contributed by atoms with Gasteiger partial charge in [-0.1, -0.05) is 39.0 Å². The van der Waals surface area contributed by atoms with Crippen LogP contribution in [0.5, 0.6) is 0 Å². The van der Waals surface area contributed by atoms with Crippen molar-refractivity contribution < 1.29 is 18.8 Å². The van der Waals surface area contributed by atoms with Crippen LogP contribution in [0.25, 0.3) is 10.9 Å². The third-order valence-corrected chi connectivity index (χ3v) is 11.0. The number of ether oxygens (including phenoxy) is 1. The maximum atomic E-state index is 13.0. The summed E-state index contributed by atoms with van der Waals surface area (Å²) in [5.41, 5.74) is 2.80. The summed E-state index contributed by atoms with van der Waals surface area (Å²) in [5, 5.41) is 1.15. The zero-order chi connectivity index (χ0) is 22.3. The van der Waals surface area contributed by atoms with Gasteiger partial charge in [0.15, 0.2) is 14.4 Å². The molecule has 0 radical (unpaired) electrons. The zero-order valence-electron chi connectivity index (χ0n) is 19.2. The average Bonchev–Trinajstić information content (AvgIpc) is 3.02. The Labute approximate surface area is 180 Å². The lowest BCUT2D eigenvalue weighted by molar-refractivity contribution is -0.158. The van der Waals surface area contributed by atoms with E-state index in [1.807, 2.05) is 18.2 Å². The van der Waals surface area contributed by atoms with E-state index in [0.717, 1.165) is 22.2 Å². The van der Waals surface area contributed by atoms with Crippen molar-refractivity contribution in [2.75, 3.05) is 13.2 Å². The van der Waals surface area contributed by atoms with E-state index in [0.29, 0.717) is 13.0 Å². The van der Waals surface area contributed by atoms with Crippen LogP contribution in [-0.2, 0) is 25.2 Å². The van der Waals surface area contributed by atoms with Crippen molar-refractivity contribution in [2.24, 2.45) is 0 Å². The number of hydrogen-bond donors (Lipinski definition) is 1. The molecule has 0 bridgehead atoms. The van der Waals surface area contributed by atoms with Crippen LogP contribution in [0.1, 0.15) is 51.9 Å². The van der Waals surface area contributed by atoms with Crippen LogP contribution in [0, 0.1) is 0 Å². The van der Waals surface area contributed by atoms with Gasteiger partial charge in [-0.25, -0.2) is 4.79 Å². The number of carbonyl (C=O) groups excluding carboxylic acids is 2. The van der Waals surface area contributed by atoms with Crippen molar-refractivity contribution in [1.82, 2.24) is 9.88 Å². The highest BCUT2D eigenvalue weighted by molar-refractivity contribution is 6.74. The minimum absolute atomic E-state index is 0.0647. The molecule has 1 aromatic carbocycles. The summed E-state index contributed by atoms with van der Waals surface area (Å²) in [6.07, 6.45) is 0.642. The molecule has 2 atom stereocenters. The molecule has 2 aromatic rings. The second kappa shape index (κ2) is 8.19. The van der Waals surface area contributed by atoms with Crippen molar-refractivity contribution in [1.29, 1.82) is 0 Å². The maximum absolute atomic E-state index is 13.0. The Morgan fingerprint density at radius 2 is 1.90 bits per heavy atom. The fraction of sp³-hybridized carbons (Fsp3) is 0.565. The third-order valence-electron chi connectivity index (χ3n) is 6.55. The molecule has 2 heterocycles. The van der Waals surface area contributed by atoms with Crippen LogP contribution in [-0.4, -0.2) is 49.3 Å². The average molecular weight is 431 g/mol. The van der Waals surface area contributed by atoms with E-state index < -0.39 is 20.3 Å². The highest BCUT2D eigenvalue weighted by Crippen LogP contribution is 2.40. The molecule has 0 saturated heterocycles. The number of esters is 1. The largest absolute Gasteiger partial charge is 0.464 e. The molecule has 7 heteroatoms. The first-order chi connectivity index (χ1) is 14.0. The Hall–Kier alpha value is -2.12. The molecule has 30 heavy (non-hydrogen) atoms. The fourth-order valence-electron chi connectivity index (χ4n) is 3.91. The number of hydrogen-bond acceptors (Lipinski definition) is 4. The first-order valence-corrected chi connectivity index (χ1v) is 13.6. The number of nitrogens with one attached hydrogen (secondary N) is 1. The highest BCUT2D eigenvalue weighted by Gasteiger charge is 2.45. The summed E-state index contributed by atoms with van der Waals surface area (Å²) in [4.78, 5) is 30.8. The van der Waals surface area contributed by atoms with E-state index in [1.54, 1.807) is 11.8 Å². The lowest BCUT2D eigenvalue weighted by atomic mass is 9.91. The summed E-state index contributed by atoms with van der Waals surface area (Å²) < 4.78 is 11.9. The number of benzene rings is 1. The van der Waals surface area contributed by atoms with Crippen molar-refractivity contribution in [3.05, 3.63) is 35.5 Å². The molecular weight excluding hydrogens is 396 g/mol. The number of para-hydroxylation sites is 1. The predicted octanol–water partition coefficient (Wildman–Crippen LogP) is 4.57. The van der Waals surface area contributed by atoms with Crippen molar-refractivity contribution in [3.8, 4) is 0 Å². The maximum Gasteiger partial charge on any atom is 0.335 e. The number of aromatic amines is 1. The van der Waals surface area contributed by atoms with E-state index in [9.17, 15) is 9.59 Å². The number of rotatable bonds is 5. The molecule has 1 aromatic heterocycles. The molecular formula is C23H34N2O4Si. The molecule has 3 rings (SSSR count). The summed E-state index contributed by atoms with van der Waals surface area (Å²) in [7, 11) is -2.01. The van der Waals surface area contributed by atoms with Crippen LogP contribution < -0.4 is 0 Å². The molecule has 0 saturated carbocycles. The van der Waals surface area contributed by atoms with Gasteiger partial charge in [-0.2, -0.15) is 0 Å². The summed E-state index contributed by atoms with van der Waals surface area (Å²) in [6, 6.07) is 7.00. The Bertz CT molecular complexity index is 944. The van der Waals surface area contributed by atoms with E-state index in [1.165, 1.54) is 6.92 Å². The number of carbonyl (C=O) groups is 2. The van der Waals surface area contributed by atoms with Gasteiger partial charge in [-0.3, -0.25) is 4.79 Å². The summed E-state index contributed by atoms with van der Waals surface area (Å²) >= 11 is 0. The van der Waals surface area contributed by atoms with Crippen LogP contribution in [0.2, 0.25) is 18.1 Å². The van der Waals surface area contributed by atoms with Gasteiger partial charge in [0.2, 0.25) is 5.91 Å². The van der Waals surface area contributed by atoms with Gasteiger partial charge in [-0.15, -0.1) is 0 Å². The van der Waals surface area contributed by atoms with E-state index in [-0.39, 0.29) is 23.6 Å². The van der Waals surface area contributed by atoms with E-state index >= 15 is 0 Å². The first kappa shape index (κ1) is 22.6.